The third-order valence-electron chi connectivity index (χ3n) is 4.98. The second-order valence-corrected chi connectivity index (χ2v) is 6.80. The second-order valence-electron chi connectivity index (χ2n) is 6.80. The van der Waals surface area contributed by atoms with Crippen LogP contribution in [-0.2, 0) is 4.79 Å². The van der Waals surface area contributed by atoms with Crippen LogP contribution in [0.25, 0.3) is 0 Å². The molecule has 0 atom stereocenters. The normalized spacial score (nSPS) is 20.4. The number of unbranched alkanes of at least 4 members (excludes halogenated alkanes) is 1. The summed E-state index contributed by atoms with van der Waals surface area (Å²) in [7, 11) is 0. The van der Waals surface area contributed by atoms with Crippen LogP contribution in [0, 0.1) is 29.0 Å². The molecule has 3 nitrogen and oxygen atoms in total. The van der Waals surface area contributed by atoms with Gasteiger partial charge in [0, 0.05) is 12.5 Å². The molecule has 1 aromatic rings. The summed E-state index contributed by atoms with van der Waals surface area (Å²) in [4.78, 5) is 11.9. The number of nitrogens with zero attached hydrogens (tertiary/aromatic N) is 1. The lowest BCUT2D eigenvalue weighted by Gasteiger charge is -2.28. The van der Waals surface area contributed by atoms with Gasteiger partial charge in [0.15, 0.2) is 0 Å². The van der Waals surface area contributed by atoms with E-state index in [9.17, 15) is 9.18 Å². The van der Waals surface area contributed by atoms with Gasteiger partial charge in [0.25, 0.3) is 0 Å². The SMILES string of the molecule is CCCC[C@H]1CC[C@H](CCC(=O)Oc2ccc(C#N)c(F)c2)CC1. The Hall–Kier alpha value is -1.89. The molecule has 0 aliphatic heterocycles. The van der Waals surface area contributed by atoms with Crippen LogP contribution in [0.3, 0.4) is 0 Å². The van der Waals surface area contributed by atoms with Crippen molar-refractivity contribution in [3.05, 3.63) is 29.6 Å². The van der Waals surface area contributed by atoms with Gasteiger partial charge in [0.05, 0.1) is 5.56 Å². The maximum absolute atomic E-state index is 13.5. The number of esters is 1. The van der Waals surface area contributed by atoms with E-state index in [0.29, 0.717) is 12.3 Å². The number of halogens is 1. The third-order valence-corrected chi connectivity index (χ3v) is 4.98. The predicted molar refractivity (Wildman–Crippen MR) is 91.0 cm³/mol. The van der Waals surface area contributed by atoms with Crippen LogP contribution in [0.15, 0.2) is 18.2 Å². The summed E-state index contributed by atoms with van der Waals surface area (Å²) in [6.45, 7) is 2.23. The van der Waals surface area contributed by atoms with Crippen molar-refractivity contribution in [2.75, 3.05) is 0 Å². The summed E-state index contributed by atoms with van der Waals surface area (Å²) in [5, 5.41) is 8.69. The maximum atomic E-state index is 13.5. The minimum Gasteiger partial charge on any atom is -0.426 e. The van der Waals surface area contributed by atoms with Gasteiger partial charge in [-0.05, 0) is 30.4 Å². The van der Waals surface area contributed by atoms with Gasteiger partial charge in [-0.15, -0.1) is 0 Å². The minimum absolute atomic E-state index is 0.0466. The van der Waals surface area contributed by atoms with Crippen LogP contribution >= 0.6 is 0 Å². The quantitative estimate of drug-likeness (QED) is 0.498. The number of benzene rings is 1. The summed E-state index contributed by atoms with van der Waals surface area (Å²) in [5.41, 5.74) is -0.0466. The van der Waals surface area contributed by atoms with Gasteiger partial charge in [-0.1, -0.05) is 51.9 Å². The van der Waals surface area contributed by atoms with Crippen molar-refractivity contribution in [3.63, 3.8) is 0 Å². The van der Waals surface area contributed by atoms with Gasteiger partial charge in [-0.3, -0.25) is 4.79 Å². The Kier molecular flexibility index (Phi) is 7.24. The van der Waals surface area contributed by atoms with E-state index >= 15 is 0 Å². The molecule has 0 saturated heterocycles. The molecule has 1 aliphatic carbocycles. The largest absolute Gasteiger partial charge is 0.426 e. The standard InChI is InChI=1S/C20H26FNO2/c1-2-3-4-15-5-7-16(8-6-15)9-12-20(23)24-18-11-10-17(14-22)19(21)13-18/h10-11,13,15-16H,2-9,12H2,1H3/t15-,16-. The average Bonchev–Trinajstić information content (AvgIpc) is 2.59. The first kappa shape index (κ1) is 18.4. The lowest BCUT2D eigenvalue weighted by atomic mass is 9.78. The summed E-state index contributed by atoms with van der Waals surface area (Å²) in [6.07, 6.45) is 10.1. The lowest BCUT2D eigenvalue weighted by Crippen LogP contribution is -2.17. The van der Waals surface area contributed by atoms with Crippen LogP contribution in [0.2, 0.25) is 0 Å². The molecule has 4 heteroatoms. The molecule has 24 heavy (non-hydrogen) atoms. The molecular weight excluding hydrogens is 305 g/mol. The molecule has 1 fully saturated rings. The molecule has 0 bridgehead atoms. The third kappa shape index (κ3) is 5.63. The maximum Gasteiger partial charge on any atom is 0.311 e. The van der Waals surface area contributed by atoms with Crippen LogP contribution < -0.4 is 4.74 Å². The molecule has 1 saturated carbocycles. The highest BCUT2D eigenvalue weighted by Gasteiger charge is 2.21. The molecule has 0 amide bonds. The number of ether oxygens (including phenoxy) is 1. The first-order valence-corrected chi connectivity index (χ1v) is 9.02. The fourth-order valence-electron chi connectivity index (χ4n) is 3.46. The average molecular weight is 331 g/mol. The molecule has 1 aliphatic rings. The number of hydrogen-bond donors (Lipinski definition) is 0. The number of rotatable bonds is 7. The van der Waals surface area contributed by atoms with Crippen molar-refractivity contribution in [2.45, 2.75) is 64.7 Å². The van der Waals surface area contributed by atoms with Crippen molar-refractivity contribution < 1.29 is 13.9 Å². The van der Waals surface area contributed by atoms with E-state index < -0.39 is 5.82 Å². The molecule has 0 N–H and O–H groups in total. The van der Waals surface area contributed by atoms with Crippen molar-refractivity contribution in [3.8, 4) is 11.8 Å². The highest BCUT2D eigenvalue weighted by molar-refractivity contribution is 5.72. The van der Waals surface area contributed by atoms with Gasteiger partial charge in [0.1, 0.15) is 17.6 Å². The van der Waals surface area contributed by atoms with Gasteiger partial charge >= 0.3 is 5.97 Å². The van der Waals surface area contributed by atoms with E-state index in [-0.39, 0.29) is 17.3 Å². The van der Waals surface area contributed by atoms with E-state index in [1.165, 1.54) is 57.1 Å². The number of hydrogen-bond acceptors (Lipinski definition) is 3. The number of carbonyl (C=O) groups excluding carboxylic acids is 1. The molecule has 0 unspecified atom stereocenters. The van der Waals surface area contributed by atoms with Crippen LogP contribution in [-0.4, -0.2) is 5.97 Å². The molecule has 0 aromatic heterocycles. The number of carbonyl (C=O) groups is 1. The molecule has 130 valence electrons. The van der Waals surface area contributed by atoms with E-state index in [2.05, 4.69) is 6.92 Å². The zero-order valence-electron chi connectivity index (χ0n) is 14.4. The van der Waals surface area contributed by atoms with Crippen molar-refractivity contribution in [1.82, 2.24) is 0 Å². The van der Waals surface area contributed by atoms with Crippen LogP contribution in [0.1, 0.15) is 70.3 Å². The Bertz CT molecular complexity index is 586. The van der Waals surface area contributed by atoms with Crippen LogP contribution in [0.5, 0.6) is 5.75 Å². The highest BCUT2D eigenvalue weighted by Crippen LogP contribution is 2.34. The highest BCUT2D eigenvalue weighted by atomic mass is 19.1. The fourth-order valence-corrected chi connectivity index (χ4v) is 3.46. The molecular formula is C20H26FNO2. The summed E-state index contributed by atoms with van der Waals surface area (Å²) >= 11 is 0. The first-order chi connectivity index (χ1) is 11.6. The van der Waals surface area contributed by atoms with E-state index in [1.807, 2.05) is 0 Å². The molecule has 0 spiro atoms. The van der Waals surface area contributed by atoms with Gasteiger partial charge in [0.2, 0.25) is 0 Å². The van der Waals surface area contributed by atoms with Crippen molar-refractivity contribution >= 4 is 5.97 Å². The van der Waals surface area contributed by atoms with Crippen LogP contribution in [0.4, 0.5) is 4.39 Å². The summed E-state index contributed by atoms with van der Waals surface area (Å²) in [5.74, 6) is 0.656. The summed E-state index contributed by atoms with van der Waals surface area (Å²) in [6, 6.07) is 5.62. The fraction of sp³-hybridized carbons (Fsp3) is 0.600. The molecule has 1 aromatic carbocycles. The lowest BCUT2D eigenvalue weighted by molar-refractivity contribution is -0.134. The number of nitriles is 1. The smallest absolute Gasteiger partial charge is 0.311 e. The van der Waals surface area contributed by atoms with E-state index in [0.717, 1.165) is 18.4 Å². The molecule has 0 heterocycles. The Labute approximate surface area is 143 Å². The Morgan fingerprint density at radius 1 is 1.25 bits per heavy atom. The zero-order chi connectivity index (χ0) is 17.4. The minimum atomic E-state index is -0.659. The Balaban J connectivity index is 1.70. The van der Waals surface area contributed by atoms with Gasteiger partial charge in [-0.2, -0.15) is 5.26 Å². The van der Waals surface area contributed by atoms with E-state index in [1.54, 1.807) is 6.07 Å². The topological polar surface area (TPSA) is 50.1 Å². The summed E-state index contributed by atoms with van der Waals surface area (Å²) < 4.78 is 18.7. The zero-order valence-corrected chi connectivity index (χ0v) is 14.4. The molecule has 2 rings (SSSR count). The first-order valence-electron chi connectivity index (χ1n) is 9.02. The van der Waals surface area contributed by atoms with Crippen molar-refractivity contribution in [2.24, 2.45) is 11.8 Å². The second kappa shape index (κ2) is 9.42. The molecule has 0 radical (unpaired) electrons. The predicted octanol–water partition coefficient (Wildman–Crippen LogP) is 5.38. The van der Waals surface area contributed by atoms with E-state index in [4.69, 9.17) is 10.00 Å². The van der Waals surface area contributed by atoms with Gasteiger partial charge < -0.3 is 4.74 Å². The van der Waals surface area contributed by atoms with Crippen molar-refractivity contribution in [1.29, 1.82) is 5.26 Å². The monoisotopic (exact) mass is 331 g/mol. The Morgan fingerprint density at radius 3 is 2.50 bits per heavy atom. The Morgan fingerprint density at radius 2 is 1.92 bits per heavy atom. The van der Waals surface area contributed by atoms with Gasteiger partial charge in [-0.25, -0.2) is 4.39 Å².